The van der Waals surface area contributed by atoms with Gasteiger partial charge in [-0.1, -0.05) is 6.08 Å². The molecule has 0 heterocycles. The van der Waals surface area contributed by atoms with Gasteiger partial charge in [0.25, 0.3) is 0 Å². The van der Waals surface area contributed by atoms with Crippen molar-refractivity contribution in [3.63, 3.8) is 0 Å². The summed E-state index contributed by atoms with van der Waals surface area (Å²) in [5.41, 5.74) is 4.83. The van der Waals surface area contributed by atoms with Crippen LogP contribution in [0, 0.1) is 0 Å². The molecule has 56 valence electrons. The lowest BCUT2D eigenvalue weighted by Crippen LogP contribution is -2.32. The van der Waals surface area contributed by atoms with Gasteiger partial charge in [0.05, 0.1) is 6.54 Å². The van der Waals surface area contributed by atoms with E-state index in [4.69, 9.17) is 5.73 Å². The van der Waals surface area contributed by atoms with E-state index in [1.54, 1.807) is 0 Å². The van der Waals surface area contributed by atoms with E-state index < -0.39 is 5.91 Å². The van der Waals surface area contributed by atoms with Crippen LogP contribution in [0.2, 0.25) is 0 Å². The van der Waals surface area contributed by atoms with E-state index in [-0.39, 0.29) is 6.54 Å². The number of rotatable bonds is 5. The van der Waals surface area contributed by atoms with Crippen molar-refractivity contribution in [2.24, 2.45) is 5.73 Å². The average Bonchev–Trinajstić information content (AvgIpc) is 1.86. The summed E-state index contributed by atoms with van der Waals surface area (Å²) >= 11 is 0. The zero-order chi connectivity index (χ0) is 7.98. The Balaban J connectivity index is 3.70. The highest BCUT2D eigenvalue weighted by atomic mass is 16.2. The maximum Gasteiger partial charge on any atom is 0.237 e. The summed E-state index contributed by atoms with van der Waals surface area (Å²) in [7, 11) is 0. The van der Waals surface area contributed by atoms with Gasteiger partial charge < -0.3 is 10.6 Å². The van der Waals surface area contributed by atoms with Crippen molar-refractivity contribution in [2.45, 2.75) is 0 Å². The Labute approximate surface area is 59.3 Å². The second-order valence-corrected chi connectivity index (χ2v) is 1.79. The lowest BCUT2D eigenvalue weighted by atomic mass is 10.5. The van der Waals surface area contributed by atoms with Crippen molar-refractivity contribution in [3.05, 3.63) is 12.7 Å². The van der Waals surface area contributed by atoms with Gasteiger partial charge >= 0.3 is 0 Å². The highest BCUT2D eigenvalue weighted by Gasteiger charge is 2.01. The van der Waals surface area contributed by atoms with E-state index in [1.165, 1.54) is 11.0 Å². The quantitative estimate of drug-likeness (QED) is 0.400. The Morgan fingerprint density at radius 2 is 2.30 bits per heavy atom. The minimum atomic E-state index is -0.519. The molecule has 0 radical (unpaired) electrons. The molecule has 0 unspecified atom stereocenters. The number of hydrogen-bond donors (Lipinski definition) is 1. The molecule has 4 heteroatoms. The number of amides is 2. The molecular weight excluding hydrogens is 132 g/mol. The Kier molecular flexibility index (Phi) is 3.95. The number of carbonyl (C=O) groups is 2. The van der Waals surface area contributed by atoms with Crippen molar-refractivity contribution < 1.29 is 9.59 Å². The van der Waals surface area contributed by atoms with Crippen molar-refractivity contribution in [1.82, 2.24) is 4.90 Å². The van der Waals surface area contributed by atoms with Crippen LogP contribution in [-0.4, -0.2) is 30.3 Å². The molecule has 0 aliphatic rings. The molecule has 0 aromatic carbocycles. The van der Waals surface area contributed by atoms with Gasteiger partial charge in [-0.05, 0) is 0 Å². The Hall–Kier alpha value is -1.32. The first kappa shape index (κ1) is 8.68. The zero-order valence-electron chi connectivity index (χ0n) is 5.62. The summed E-state index contributed by atoms with van der Waals surface area (Å²) in [4.78, 5) is 21.6. The minimum absolute atomic E-state index is 0.0461. The molecule has 0 aromatic heterocycles. The summed E-state index contributed by atoms with van der Waals surface area (Å²) in [5.74, 6) is -0.519. The molecule has 10 heavy (non-hydrogen) atoms. The molecule has 0 aromatic rings. The molecule has 0 rings (SSSR count). The van der Waals surface area contributed by atoms with Gasteiger partial charge in [-0.3, -0.25) is 9.59 Å². The first-order valence-corrected chi connectivity index (χ1v) is 2.79. The SMILES string of the molecule is C=CCN(C=O)CC(N)=O. The van der Waals surface area contributed by atoms with E-state index in [9.17, 15) is 9.59 Å². The summed E-state index contributed by atoms with van der Waals surface area (Å²) in [6.45, 7) is 3.71. The molecule has 0 bridgehead atoms. The highest BCUT2D eigenvalue weighted by molar-refractivity contribution is 5.77. The van der Waals surface area contributed by atoms with Crippen LogP contribution in [0.1, 0.15) is 0 Å². The minimum Gasteiger partial charge on any atom is -0.368 e. The fraction of sp³-hybridized carbons (Fsp3) is 0.333. The van der Waals surface area contributed by atoms with Crippen LogP contribution in [0.15, 0.2) is 12.7 Å². The largest absolute Gasteiger partial charge is 0.368 e. The fourth-order valence-corrected chi connectivity index (χ4v) is 0.511. The molecule has 0 saturated carbocycles. The molecule has 2 N–H and O–H groups in total. The monoisotopic (exact) mass is 142 g/mol. The standard InChI is InChI=1S/C6H10N2O2/c1-2-3-8(5-9)4-6(7)10/h2,5H,1,3-4H2,(H2,7,10). The fourth-order valence-electron chi connectivity index (χ4n) is 0.511. The molecule has 0 aliphatic carbocycles. The lowest BCUT2D eigenvalue weighted by Gasteiger charge is -2.10. The van der Waals surface area contributed by atoms with Gasteiger partial charge in [0.2, 0.25) is 12.3 Å². The summed E-state index contributed by atoms with van der Waals surface area (Å²) in [5, 5.41) is 0. The number of hydrogen-bond acceptors (Lipinski definition) is 2. The third-order valence-corrected chi connectivity index (χ3v) is 0.872. The molecular formula is C6H10N2O2. The van der Waals surface area contributed by atoms with Crippen molar-refractivity contribution in [2.75, 3.05) is 13.1 Å². The highest BCUT2D eigenvalue weighted by Crippen LogP contribution is 1.80. The number of carbonyl (C=O) groups excluding carboxylic acids is 2. The van der Waals surface area contributed by atoms with Crippen LogP contribution in [0.3, 0.4) is 0 Å². The van der Waals surface area contributed by atoms with Crippen LogP contribution in [0.5, 0.6) is 0 Å². The van der Waals surface area contributed by atoms with Gasteiger partial charge in [0.15, 0.2) is 0 Å². The Morgan fingerprint density at radius 3 is 2.60 bits per heavy atom. The van der Waals surface area contributed by atoms with Crippen LogP contribution in [-0.2, 0) is 9.59 Å². The van der Waals surface area contributed by atoms with Gasteiger partial charge in [0, 0.05) is 6.54 Å². The second-order valence-electron chi connectivity index (χ2n) is 1.79. The smallest absolute Gasteiger partial charge is 0.237 e. The molecule has 0 saturated heterocycles. The summed E-state index contributed by atoms with van der Waals surface area (Å²) in [6, 6.07) is 0. The maximum absolute atomic E-state index is 10.2. The second kappa shape index (κ2) is 4.55. The molecule has 0 spiro atoms. The van der Waals surface area contributed by atoms with Gasteiger partial charge in [0.1, 0.15) is 0 Å². The predicted molar refractivity (Wildman–Crippen MR) is 37.0 cm³/mol. The van der Waals surface area contributed by atoms with E-state index in [0.717, 1.165) is 0 Å². The van der Waals surface area contributed by atoms with Crippen LogP contribution in [0.25, 0.3) is 0 Å². The van der Waals surface area contributed by atoms with Crippen molar-refractivity contribution in [1.29, 1.82) is 0 Å². The summed E-state index contributed by atoms with van der Waals surface area (Å²) < 4.78 is 0. The van der Waals surface area contributed by atoms with Crippen LogP contribution in [0.4, 0.5) is 0 Å². The third kappa shape index (κ3) is 3.65. The first-order valence-electron chi connectivity index (χ1n) is 2.79. The van der Waals surface area contributed by atoms with E-state index in [1.807, 2.05) is 0 Å². The number of primary amides is 1. The lowest BCUT2D eigenvalue weighted by molar-refractivity contribution is -0.125. The van der Waals surface area contributed by atoms with Gasteiger partial charge in [-0.25, -0.2) is 0 Å². The van der Waals surface area contributed by atoms with Crippen molar-refractivity contribution >= 4 is 12.3 Å². The maximum atomic E-state index is 10.2. The van der Waals surface area contributed by atoms with E-state index in [0.29, 0.717) is 13.0 Å². The zero-order valence-corrected chi connectivity index (χ0v) is 5.62. The number of nitrogens with zero attached hydrogens (tertiary/aromatic N) is 1. The first-order chi connectivity index (χ1) is 4.70. The topological polar surface area (TPSA) is 63.4 Å². The molecule has 0 atom stereocenters. The average molecular weight is 142 g/mol. The van der Waals surface area contributed by atoms with Crippen molar-refractivity contribution in [3.8, 4) is 0 Å². The van der Waals surface area contributed by atoms with Crippen LogP contribution < -0.4 is 5.73 Å². The van der Waals surface area contributed by atoms with Crippen LogP contribution >= 0.6 is 0 Å². The third-order valence-electron chi connectivity index (χ3n) is 0.872. The Morgan fingerprint density at radius 1 is 1.70 bits per heavy atom. The normalized spacial score (nSPS) is 8.40. The molecule has 0 aliphatic heterocycles. The molecule has 2 amide bonds. The van der Waals surface area contributed by atoms with E-state index in [2.05, 4.69) is 6.58 Å². The molecule has 0 fully saturated rings. The Bertz CT molecular complexity index is 145. The van der Waals surface area contributed by atoms with Gasteiger partial charge in [-0.15, -0.1) is 6.58 Å². The summed E-state index contributed by atoms with van der Waals surface area (Å²) in [6.07, 6.45) is 2.09. The van der Waals surface area contributed by atoms with E-state index >= 15 is 0 Å². The molecule has 4 nitrogen and oxygen atoms in total. The van der Waals surface area contributed by atoms with Gasteiger partial charge in [-0.2, -0.15) is 0 Å². The number of nitrogens with two attached hydrogens (primary N) is 1. The predicted octanol–water partition coefficient (Wildman–Crippen LogP) is -0.884.